The summed E-state index contributed by atoms with van der Waals surface area (Å²) in [5, 5.41) is 0. The highest BCUT2D eigenvalue weighted by molar-refractivity contribution is 9.10. The summed E-state index contributed by atoms with van der Waals surface area (Å²) in [6, 6.07) is 8.33. The van der Waals surface area contributed by atoms with Gasteiger partial charge in [0.25, 0.3) is 0 Å². The number of pyridine rings is 1. The Labute approximate surface area is 110 Å². The average molecular weight is 306 g/mol. The number of anilines is 1. The van der Waals surface area contributed by atoms with E-state index in [-0.39, 0.29) is 5.56 Å². The first-order valence-corrected chi connectivity index (χ1v) is 5.98. The number of oxazole rings is 1. The van der Waals surface area contributed by atoms with Crippen molar-refractivity contribution in [3.8, 4) is 11.6 Å². The summed E-state index contributed by atoms with van der Waals surface area (Å²) in [4.78, 5) is 18.2. The Bertz CT molecular complexity index is 791. The Hall–Kier alpha value is -2.08. The molecule has 0 radical (unpaired) electrons. The fraction of sp³-hybridized carbons (Fsp3) is 0. The SMILES string of the molecule is Nc1cc(Br)cc2nc(-c3cccc(=O)[nH]3)oc12. The van der Waals surface area contributed by atoms with Crippen LogP contribution in [0.3, 0.4) is 0 Å². The molecular weight excluding hydrogens is 298 g/mol. The first kappa shape index (κ1) is 11.0. The molecule has 0 bridgehead atoms. The number of nitrogens with two attached hydrogens (primary N) is 1. The Balaban J connectivity index is 2.25. The van der Waals surface area contributed by atoms with Crippen LogP contribution in [0, 0.1) is 0 Å². The Kier molecular flexibility index (Phi) is 2.45. The lowest BCUT2D eigenvalue weighted by atomic mass is 10.3. The topological polar surface area (TPSA) is 84.9 Å². The fourth-order valence-corrected chi connectivity index (χ4v) is 2.17. The molecule has 0 aliphatic rings. The zero-order valence-electron chi connectivity index (χ0n) is 9.11. The summed E-state index contributed by atoms with van der Waals surface area (Å²) in [7, 11) is 0. The minimum absolute atomic E-state index is 0.205. The van der Waals surface area contributed by atoms with Crippen LogP contribution in [0.2, 0.25) is 0 Å². The van der Waals surface area contributed by atoms with Crippen LogP contribution >= 0.6 is 15.9 Å². The third-order valence-corrected chi connectivity index (χ3v) is 2.94. The molecule has 0 aliphatic carbocycles. The van der Waals surface area contributed by atoms with Crippen LogP contribution in [0.1, 0.15) is 0 Å². The normalized spacial score (nSPS) is 10.9. The van der Waals surface area contributed by atoms with E-state index in [0.717, 1.165) is 4.47 Å². The number of hydrogen-bond acceptors (Lipinski definition) is 4. The third kappa shape index (κ3) is 1.80. The monoisotopic (exact) mass is 305 g/mol. The molecule has 0 amide bonds. The van der Waals surface area contributed by atoms with Gasteiger partial charge in [0.15, 0.2) is 5.58 Å². The van der Waals surface area contributed by atoms with Crippen LogP contribution in [0.15, 0.2) is 44.0 Å². The number of aromatic nitrogens is 2. The summed E-state index contributed by atoms with van der Waals surface area (Å²) < 4.78 is 6.40. The first-order valence-electron chi connectivity index (χ1n) is 5.19. The summed E-state index contributed by atoms with van der Waals surface area (Å²) in [6.45, 7) is 0. The number of rotatable bonds is 1. The molecule has 1 aromatic carbocycles. The number of H-pyrrole nitrogens is 1. The third-order valence-electron chi connectivity index (χ3n) is 2.48. The number of nitrogens with zero attached hydrogens (tertiary/aromatic N) is 1. The zero-order valence-corrected chi connectivity index (χ0v) is 10.7. The molecular formula is C12H8BrN3O2. The van der Waals surface area contributed by atoms with Gasteiger partial charge >= 0.3 is 0 Å². The second-order valence-electron chi connectivity index (χ2n) is 3.79. The lowest BCUT2D eigenvalue weighted by Gasteiger charge is -1.94. The summed E-state index contributed by atoms with van der Waals surface area (Å²) in [6.07, 6.45) is 0. The maximum Gasteiger partial charge on any atom is 0.248 e. The van der Waals surface area contributed by atoms with Crippen molar-refractivity contribution < 1.29 is 4.42 Å². The van der Waals surface area contributed by atoms with E-state index in [1.54, 1.807) is 24.3 Å². The van der Waals surface area contributed by atoms with E-state index in [4.69, 9.17) is 10.2 Å². The summed E-state index contributed by atoms with van der Waals surface area (Å²) in [5.41, 5.74) is 7.81. The first-order chi connectivity index (χ1) is 8.63. The number of benzene rings is 1. The molecule has 0 saturated heterocycles. The molecule has 90 valence electrons. The molecule has 18 heavy (non-hydrogen) atoms. The molecule has 0 fully saturated rings. The van der Waals surface area contributed by atoms with Crippen LogP contribution in [-0.2, 0) is 0 Å². The second kappa shape index (κ2) is 3.99. The number of hydrogen-bond donors (Lipinski definition) is 2. The van der Waals surface area contributed by atoms with E-state index in [2.05, 4.69) is 25.9 Å². The molecule has 0 unspecified atom stereocenters. The summed E-state index contributed by atoms with van der Waals surface area (Å²) in [5.74, 6) is 0.340. The highest BCUT2D eigenvalue weighted by atomic mass is 79.9. The molecule has 0 atom stereocenters. The van der Waals surface area contributed by atoms with Crippen molar-refractivity contribution in [3.63, 3.8) is 0 Å². The standard InChI is InChI=1S/C12H8BrN3O2/c13-6-4-7(14)11-9(5-6)16-12(18-11)8-2-1-3-10(17)15-8/h1-5H,14H2,(H,15,17). The number of halogens is 1. The van der Waals surface area contributed by atoms with Gasteiger partial charge in [-0.25, -0.2) is 4.98 Å². The van der Waals surface area contributed by atoms with E-state index < -0.39 is 0 Å². The molecule has 6 heteroatoms. The summed E-state index contributed by atoms with van der Waals surface area (Å²) >= 11 is 3.34. The highest BCUT2D eigenvalue weighted by Gasteiger charge is 2.11. The van der Waals surface area contributed by atoms with Gasteiger partial charge in [0, 0.05) is 10.5 Å². The van der Waals surface area contributed by atoms with Crippen LogP contribution in [-0.4, -0.2) is 9.97 Å². The van der Waals surface area contributed by atoms with E-state index in [1.807, 2.05) is 0 Å². The molecule has 2 aromatic heterocycles. The van der Waals surface area contributed by atoms with Gasteiger partial charge in [-0.1, -0.05) is 22.0 Å². The van der Waals surface area contributed by atoms with Crippen molar-refractivity contribution in [1.82, 2.24) is 9.97 Å². The van der Waals surface area contributed by atoms with Crippen molar-refractivity contribution in [2.24, 2.45) is 0 Å². The van der Waals surface area contributed by atoms with Crippen molar-refractivity contribution in [1.29, 1.82) is 0 Å². The maximum atomic E-state index is 11.2. The van der Waals surface area contributed by atoms with E-state index >= 15 is 0 Å². The number of fused-ring (bicyclic) bond motifs is 1. The van der Waals surface area contributed by atoms with Gasteiger partial charge in [0.05, 0.1) is 5.69 Å². The van der Waals surface area contributed by atoms with Crippen LogP contribution in [0.25, 0.3) is 22.7 Å². The predicted molar refractivity (Wildman–Crippen MR) is 72.2 cm³/mol. The maximum absolute atomic E-state index is 11.2. The predicted octanol–water partition coefficient (Wildman–Crippen LogP) is 2.53. The lowest BCUT2D eigenvalue weighted by molar-refractivity contribution is 0.617. The Morgan fingerprint density at radius 3 is 2.94 bits per heavy atom. The zero-order chi connectivity index (χ0) is 12.7. The largest absolute Gasteiger partial charge is 0.433 e. The highest BCUT2D eigenvalue weighted by Crippen LogP contribution is 2.29. The fourth-order valence-electron chi connectivity index (χ4n) is 1.71. The quantitative estimate of drug-likeness (QED) is 0.677. The molecule has 0 aliphatic heterocycles. The molecule has 5 nitrogen and oxygen atoms in total. The van der Waals surface area contributed by atoms with Crippen molar-refractivity contribution in [3.05, 3.63) is 45.2 Å². The smallest absolute Gasteiger partial charge is 0.248 e. The van der Waals surface area contributed by atoms with Gasteiger partial charge < -0.3 is 15.1 Å². The van der Waals surface area contributed by atoms with Crippen LogP contribution in [0.4, 0.5) is 5.69 Å². The number of aromatic amines is 1. The van der Waals surface area contributed by atoms with Gasteiger partial charge in [-0.2, -0.15) is 0 Å². The van der Waals surface area contributed by atoms with E-state index in [9.17, 15) is 4.79 Å². The minimum Gasteiger partial charge on any atom is -0.433 e. The van der Waals surface area contributed by atoms with Gasteiger partial charge in [-0.3, -0.25) is 4.79 Å². The molecule has 0 spiro atoms. The Morgan fingerprint density at radius 1 is 1.33 bits per heavy atom. The van der Waals surface area contributed by atoms with Crippen LogP contribution in [0.5, 0.6) is 0 Å². The lowest BCUT2D eigenvalue weighted by Crippen LogP contribution is -2.03. The van der Waals surface area contributed by atoms with Crippen molar-refractivity contribution in [2.45, 2.75) is 0 Å². The molecule has 3 aromatic rings. The number of nitrogens with one attached hydrogen (secondary N) is 1. The molecule has 3 N–H and O–H groups in total. The Morgan fingerprint density at radius 2 is 2.17 bits per heavy atom. The van der Waals surface area contributed by atoms with E-state index in [1.165, 1.54) is 6.07 Å². The van der Waals surface area contributed by atoms with Gasteiger partial charge in [-0.05, 0) is 18.2 Å². The van der Waals surface area contributed by atoms with Crippen LogP contribution < -0.4 is 11.3 Å². The minimum atomic E-state index is -0.205. The molecule has 0 saturated carbocycles. The van der Waals surface area contributed by atoms with E-state index in [0.29, 0.717) is 28.4 Å². The van der Waals surface area contributed by atoms with Gasteiger partial charge in [-0.15, -0.1) is 0 Å². The van der Waals surface area contributed by atoms with Crippen molar-refractivity contribution in [2.75, 3.05) is 5.73 Å². The molecule has 3 rings (SSSR count). The molecule has 2 heterocycles. The van der Waals surface area contributed by atoms with Gasteiger partial charge in [0.1, 0.15) is 11.2 Å². The second-order valence-corrected chi connectivity index (χ2v) is 4.71. The van der Waals surface area contributed by atoms with Gasteiger partial charge in [0.2, 0.25) is 11.4 Å². The average Bonchev–Trinajstić information content (AvgIpc) is 2.73. The number of nitrogen functional groups attached to an aromatic ring is 1. The van der Waals surface area contributed by atoms with Crippen molar-refractivity contribution >= 4 is 32.7 Å².